The first-order chi connectivity index (χ1) is 7.13. The molecule has 15 heavy (non-hydrogen) atoms. The van der Waals surface area contributed by atoms with Crippen LogP contribution >= 0.6 is 0 Å². The van der Waals surface area contributed by atoms with Crippen molar-refractivity contribution in [3.8, 4) is 0 Å². The average Bonchev–Trinajstić information content (AvgIpc) is 2.23. The lowest BCUT2D eigenvalue weighted by Gasteiger charge is -2.33. The van der Waals surface area contributed by atoms with Crippen LogP contribution in [0.2, 0.25) is 0 Å². The van der Waals surface area contributed by atoms with Crippen molar-refractivity contribution in [3.05, 3.63) is 0 Å². The zero-order valence-corrected chi connectivity index (χ0v) is 10.3. The molecule has 0 aliphatic rings. The van der Waals surface area contributed by atoms with Crippen LogP contribution in [-0.4, -0.2) is 36.6 Å². The maximum Gasteiger partial charge on any atom is 0.0512 e. The molecule has 92 valence electrons. The van der Waals surface area contributed by atoms with Crippen LogP contribution in [0.4, 0.5) is 0 Å². The largest absolute Gasteiger partial charge is 0.396 e. The summed E-state index contributed by atoms with van der Waals surface area (Å²) in [5.41, 5.74) is -0.383. The summed E-state index contributed by atoms with van der Waals surface area (Å²) >= 11 is 0. The molecule has 0 aromatic carbocycles. The molecule has 0 spiro atoms. The van der Waals surface area contributed by atoms with Crippen molar-refractivity contribution in [1.29, 1.82) is 0 Å². The van der Waals surface area contributed by atoms with Gasteiger partial charge < -0.3 is 14.9 Å². The minimum atomic E-state index is -0.383. The van der Waals surface area contributed by atoms with E-state index >= 15 is 0 Å². The lowest BCUT2D eigenvalue weighted by Crippen LogP contribution is -2.36. The molecule has 0 amide bonds. The Balaban J connectivity index is 3.86. The molecule has 0 unspecified atom stereocenters. The quantitative estimate of drug-likeness (QED) is 0.580. The Hall–Kier alpha value is -0.120. The number of unbranched alkanes of at least 4 members (excludes halogenated alkanes) is 1. The molecule has 0 saturated carbocycles. The van der Waals surface area contributed by atoms with Gasteiger partial charge in [0.2, 0.25) is 0 Å². The first-order valence-corrected chi connectivity index (χ1v) is 5.92. The summed E-state index contributed by atoms with van der Waals surface area (Å²) < 4.78 is 5.46. The van der Waals surface area contributed by atoms with Gasteiger partial charge in [0, 0.05) is 18.6 Å². The highest BCUT2D eigenvalue weighted by molar-refractivity contribution is 4.80. The highest BCUT2D eigenvalue weighted by Gasteiger charge is 2.32. The SMILES string of the molecule is CCCCOCCC(CO)(CO)C(C)C. The number of hydrogen-bond acceptors (Lipinski definition) is 3. The van der Waals surface area contributed by atoms with Gasteiger partial charge >= 0.3 is 0 Å². The fourth-order valence-corrected chi connectivity index (χ4v) is 1.49. The van der Waals surface area contributed by atoms with Crippen molar-refractivity contribution in [1.82, 2.24) is 0 Å². The highest BCUT2D eigenvalue weighted by atomic mass is 16.5. The minimum absolute atomic E-state index is 0.0261. The summed E-state index contributed by atoms with van der Waals surface area (Å²) in [4.78, 5) is 0. The van der Waals surface area contributed by atoms with E-state index in [1.54, 1.807) is 0 Å². The second kappa shape index (κ2) is 8.08. The second-order valence-electron chi connectivity index (χ2n) is 4.55. The summed E-state index contributed by atoms with van der Waals surface area (Å²) in [6.45, 7) is 7.64. The lowest BCUT2D eigenvalue weighted by atomic mass is 9.76. The molecule has 0 rings (SSSR count). The van der Waals surface area contributed by atoms with Crippen LogP contribution in [0, 0.1) is 11.3 Å². The maximum atomic E-state index is 9.33. The predicted molar refractivity (Wildman–Crippen MR) is 61.8 cm³/mol. The van der Waals surface area contributed by atoms with E-state index in [0.29, 0.717) is 6.61 Å². The van der Waals surface area contributed by atoms with E-state index < -0.39 is 0 Å². The molecule has 2 N–H and O–H groups in total. The monoisotopic (exact) mass is 218 g/mol. The molecule has 0 bridgehead atoms. The summed E-state index contributed by atoms with van der Waals surface area (Å²) in [6, 6.07) is 0. The number of ether oxygens (including phenoxy) is 1. The second-order valence-corrected chi connectivity index (χ2v) is 4.55. The van der Waals surface area contributed by atoms with Gasteiger partial charge in [-0.25, -0.2) is 0 Å². The van der Waals surface area contributed by atoms with Gasteiger partial charge in [-0.3, -0.25) is 0 Å². The number of rotatable bonds is 9. The Morgan fingerprint density at radius 2 is 1.73 bits per heavy atom. The lowest BCUT2D eigenvalue weighted by molar-refractivity contribution is -0.0154. The molecular weight excluding hydrogens is 192 g/mol. The number of aliphatic hydroxyl groups is 2. The summed E-state index contributed by atoms with van der Waals surface area (Å²) in [7, 11) is 0. The van der Waals surface area contributed by atoms with Crippen molar-refractivity contribution in [2.75, 3.05) is 26.4 Å². The zero-order valence-electron chi connectivity index (χ0n) is 10.3. The number of hydrogen-bond donors (Lipinski definition) is 2. The van der Waals surface area contributed by atoms with E-state index in [0.717, 1.165) is 25.9 Å². The molecule has 0 heterocycles. The van der Waals surface area contributed by atoms with E-state index in [9.17, 15) is 10.2 Å². The first kappa shape index (κ1) is 14.9. The molecule has 0 fully saturated rings. The van der Waals surface area contributed by atoms with Gasteiger partial charge in [0.05, 0.1) is 13.2 Å². The van der Waals surface area contributed by atoms with Crippen molar-refractivity contribution in [3.63, 3.8) is 0 Å². The van der Waals surface area contributed by atoms with Gasteiger partial charge in [-0.1, -0.05) is 27.2 Å². The molecule has 3 heteroatoms. The van der Waals surface area contributed by atoms with Gasteiger partial charge in [-0.05, 0) is 18.8 Å². The maximum absolute atomic E-state index is 9.33. The molecule has 0 aromatic heterocycles. The smallest absolute Gasteiger partial charge is 0.0512 e. The van der Waals surface area contributed by atoms with E-state index in [1.807, 2.05) is 13.8 Å². The summed E-state index contributed by atoms with van der Waals surface area (Å²) in [5, 5.41) is 18.7. The standard InChI is InChI=1S/C12H26O3/c1-4-5-7-15-8-6-12(9-13,10-14)11(2)3/h11,13-14H,4-10H2,1-3H3. The van der Waals surface area contributed by atoms with E-state index in [4.69, 9.17) is 4.74 Å². The van der Waals surface area contributed by atoms with Crippen LogP contribution in [-0.2, 0) is 4.74 Å². The molecule has 0 aliphatic carbocycles. The third kappa shape index (κ3) is 4.96. The fourth-order valence-electron chi connectivity index (χ4n) is 1.49. The molecule has 0 saturated heterocycles. The topological polar surface area (TPSA) is 49.7 Å². The van der Waals surface area contributed by atoms with Gasteiger partial charge in [-0.15, -0.1) is 0 Å². The molecule has 0 aromatic rings. The minimum Gasteiger partial charge on any atom is -0.396 e. The first-order valence-electron chi connectivity index (χ1n) is 5.92. The van der Waals surface area contributed by atoms with Gasteiger partial charge in [0.25, 0.3) is 0 Å². The van der Waals surface area contributed by atoms with Crippen LogP contribution in [0.15, 0.2) is 0 Å². The van der Waals surface area contributed by atoms with Crippen LogP contribution in [0.3, 0.4) is 0 Å². The molecule has 0 radical (unpaired) electrons. The zero-order chi connectivity index (χ0) is 11.7. The van der Waals surface area contributed by atoms with Crippen LogP contribution in [0.1, 0.15) is 40.0 Å². The fraction of sp³-hybridized carbons (Fsp3) is 1.00. The van der Waals surface area contributed by atoms with Crippen LogP contribution in [0.5, 0.6) is 0 Å². The van der Waals surface area contributed by atoms with Crippen LogP contribution in [0.25, 0.3) is 0 Å². The van der Waals surface area contributed by atoms with Gasteiger partial charge in [0.15, 0.2) is 0 Å². The van der Waals surface area contributed by atoms with E-state index in [-0.39, 0.29) is 24.5 Å². The predicted octanol–water partition coefficient (Wildman–Crippen LogP) is 1.82. The molecule has 0 aliphatic heterocycles. The van der Waals surface area contributed by atoms with Crippen LogP contribution < -0.4 is 0 Å². The Bertz CT molecular complexity index is 142. The van der Waals surface area contributed by atoms with Crippen molar-refractivity contribution in [2.45, 2.75) is 40.0 Å². The third-order valence-corrected chi connectivity index (χ3v) is 3.24. The molecule has 3 nitrogen and oxygen atoms in total. The van der Waals surface area contributed by atoms with Gasteiger partial charge in [0.1, 0.15) is 0 Å². The van der Waals surface area contributed by atoms with Gasteiger partial charge in [-0.2, -0.15) is 0 Å². The Morgan fingerprint density at radius 3 is 2.13 bits per heavy atom. The Morgan fingerprint density at radius 1 is 1.13 bits per heavy atom. The Labute approximate surface area is 93.5 Å². The summed E-state index contributed by atoms with van der Waals surface area (Å²) in [5.74, 6) is 0.266. The third-order valence-electron chi connectivity index (χ3n) is 3.24. The number of aliphatic hydroxyl groups excluding tert-OH is 2. The van der Waals surface area contributed by atoms with E-state index in [1.165, 1.54) is 0 Å². The highest BCUT2D eigenvalue weighted by Crippen LogP contribution is 2.30. The Kier molecular flexibility index (Phi) is 8.02. The van der Waals surface area contributed by atoms with Crippen molar-refractivity contribution >= 4 is 0 Å². The average molecular weight is 218 g/mol. The van der Waals surface area contributed by atoms with E-state index in [2.05, 4.69) is 6.92 Å². The summed E-state index contributed by atoms with van der Waals surface area (Å²) in [6.07, 6.45) is 2.93. The molecule has 0 atom stereocenters. The van der Waals surface area contributed by atoms with Crippen molar-refractivity contribution < 1.29 is 14.9 Å². The molecular formula is C12H26O3. The normalized spacial score (nSPS) is 12.4. The van der Waals surface area contributed by atoms with Crippen molar-refractivity contribution in [2.24, 2.45) is 11.3 Å².